The highest BCUT2D eigenvalue weighted by Crippen LogP contribution is 2.32. The van der Waals surface area contributed by atoms with E-state index in [9.17, 15) is 4.79 Å². The first-order valence-electron chi connectivity index (χ1n) is 7.20. The Kier molecular flexibility index (Phi) is 3.92. The molecule has 2 aromatic carbocycles. The second-order valence-corrected chi connectivity index (χ2v) is 6.86. The Morgan fingerprint density at radius 3 is 2.50 bits per heavy atom. The number of aromatic nitrogens is 2. The summed E-state index contributed by atoms with van der Waals surface area (Å²) in [5.74, 6) is 0. The van der Waals surface area contributed by atoms with Crippen LogP contribution in [0.25, 0.3) is 27.0 Å². The molecule has 4 rings (SSSR count). The molecule has 0 amide bonds. The molecule has 4 aromatic rings. The van der Waals surface area contributed by atoms with E-state index in [-0.39, 0.29) is 5.56 Å². The molecule has 2 aromatic heterocycles. The van der Waals surface area contributed by atoms with Crippen molar-refractivity contribution in [1.82, 2.24) is 9.55 Å². The summed E-state index contributed by atoms with van der Waals surface area (Å²) in [7, 11) is 0. The van der Waals surface area contributed by atoms with Crippen molar-refractivity contribution in [2.45, 2.75) is 5.16 Å². The van der Waals surface area contributed by atoms with Gasteiger partial charge >= 0.3 is 0 Å². The Morgan fingerprint density at radius 1 is 1.04 bits per heavy atom. The molecule has 0 atom stereocenters. The first-order valence-corrected chi connectivity index (χ1v) is 8.91. The molecule has 0 saturated heterocycles. The quantitative estimate of drug-likeness (QED) is 0.395. The van der Waals surface area contributed by atoms with Crippen LogP contribution < -0.4 is 5.56 Å². The van der Waals surface area contributed by atoms with E-state index in [2.05, 4.69) is 17.6 Å². The van der Waals surface area contributed by atoms with Crippen molar-refractivity contribution in [1.29, 1.82) is 0 Å². The summed E-state index contributed by atoms with van der Waals surface area (Å²) in [5, 5.41) is 3.34. The Balaban J connectivity index is 2.07. The molecule has 118 valence electrons. The van der Waals surface area contributed by atoms with Crippen LogP contribution in [0.3, 0.4) is 0 Å². The van der Waals surface area contributed by atoms with E-state index in [1.807, 2.05) is 47.8 Å². The van der Waals surface area contributed by atoms with Crippen LogP contribution in [0.2, 0.25) is 5.02 Å². The molecule has 0 N–H and O–H groups in total. The van der Waals surface area contributed by atoms with Gasteiger partial charge in [0.2, 0.25) is 0 Å². The maximum Gasteiger partial charge on any atom is 0.268 e. The van der Waals surface area contributed by atoms with Crippen molar-refractivity contribution < 1.29 is 0 Å². The van der Waals surface area contributed by atoms with Crippen molar-refractivity contribution in [2.24, 2.45) is 0 Å². The average molecular weight is 371 g/mol. The van der Waals surface area contributed by atoms with Crippen LogP contribution in [0, 0.1) is 0 Å². The molecule has 0 unspecified atom stereocenters. The summed E-state index contributed by atoms with van der Waals surface area (Å²) in [6, 6.07) is 17.0. The molecule has 3 nitrogen and oxygen atoms in total. The standard InChI is InChI=1S/C18H11ClN2OS2/c19-13-8-4-5-9-14(13)21-17(22)15-12(11-6-2-1-3-7-11)10-24-16(15)20-18(21)23/h1-10H,(H,20,23). The molecule has 0 aliphatic heterocycles. The van der Waals surface area contributed by atoms with Gasteiger partial charge in [-0.3, -0.25) is 9.36 Å². The minimum Gasteiger partial charge on any atom is -0.268 e. The zero-order valence-electron chi connectivity index (χ0n) is 12.3. The number of rotatable bonds is 2. The summed E-state index contributed by atoms with van der Waals surface area (Å²) in [6.07, 6.45) is 0. The molecule has 6 heteroatoms. The second kappa shape index (κ2) is 6.09. The lowest BCUT2D eigenvalue weighted by molar-refractivity contribution is 0.828. The third kappa shape index (κ3) is 2.45. The first kappa shape index (κ1) is 15.4. The number of halogens is 1. The van der Waals surface area contributed by atoms with E-state index in [4.69, 9.17) is 11.6 Å². The number of para-hydroxylation sites is 1. The SMILES string of the molecule is O=c1c2c(-c3ccccc3)csc2nc(S)n1-c1ccccc1Cl. The molecule has 0 radical (unpaired) electrons. The fourth-order valence-corrected chi connectivity index (χ4v) is 4.18. The van der Waals surface area contributed by atoms with Gasteiger partial charge in [-0.05, 0) is 17.7 Å². The molecular weight excluding hydrogens is 360 g/mol. The molecule has 0 aliphatic carbocycles. The Hall–Kier alpha value is -2.08. The Morgan fingerprint density at radius 2 is 1.75 bits per heavy atom. The predicted molar refractivity (Wildman–Crippen MR) is 103 cm³/mol. The highest BCUT2D eigenvalue weighted by Gasteiger charge is 2.17. The van der Waals surface area contributed by atoms with Crippen molar-refractivity contribution in [3.05, 3.63) is 75.4 Å². The van der Waals surface area contributed by atoms with Crippen LogP contribution in [-0.4, -0.2) is 9.55 Å². The maximum absolute atomic E-state index is 13.2. The predicted octanol–water partition coefficient (Wildman–Crippen LogP) is 5.06. The van der Waals surface area contributed by atoms with E-state index in [1.165, 1.54) is 15.9 Å². The largest absolute Gasteiger partial charge is 0.268 e. The summed E-state index contributed by atoms with van der Waals surface area (Å²) in [4.78, 5) is 18.3. The zero-order chi connectivity index (χ0) is 16.7. The summed E-state index contributed by atoms with van der Waals surface area (Å²) in [5.41, 5.74) is 2.27. The van der Waals surface area contributed by atoms with Gasteiger partial charge in [0.25, 0.3) is 5.56 Å². The van der Waals surface area contributed by atoms with Gasteiger partial charge in [-0.15, -0.1) is 24.0 Å². The average Bonchev–Trinajstić information content (AvgIpc) is 3.01. The number of thiol groups is 1. The lowest BCUT2D eigenvalue weighted by atomic mass is 10.1. The molecule has 0 aliphatic rings. The third-order valence-electron chi connectivity index (χ3n) is 3.77. The number of benzene rings is 2. The van der Waals surface area contributed by atoms with Crippen molar-refractivity contribution in [3.8, 4) is 16.8 Å². The van der Waals surface area contributed by atoms with E-state index in [1.54, 1.807) is 12.1 Å². The van der Waals surface area contributed by atoms with Gasteiger partial charge in [-0.2, -0.15) is 0 Å². The summed E-state index contributed by atoms with van der Waals surface area (Å²) >= 11 is 12.1. The smallest absolute Gasteiger partial charge is 0.268 e. The number of hydrogen-bond donors (Lipinski definition) is 1. The van der Waals surface area contributed by atoms with Gasteiger partial charge in [0.05, 0.1) is 16.1 Å². The second-order valence-electron chi connectivity index (χ2n) is 5.20. The normalized spacial score (nSPS) is 11.1. The van der Waals surface area contributed by atoms with Gasteiger partial charge < -0.3 is 0 Å². The maximum atomic E-state index is 13.2. The number of fused-ring (bicyclic) bond motifs is 1. The van der Waals surface area contributed by atoms with Gasteiger partial charge in [0, 0.05) is 10.9 Å². The van der Waals surface area contributed by atoms with Gasteiger partial charge in [-0.1, -0.05) is 54.1 Å². The molecule has 0 spiro atoms. The lowest BCUT2D eigenvalue weighted by Crippen LogP contribution is -2.21. The van der Waals surface area contributed by atoms with Crippen LogP contribution in [0.4, 0.5) is 0 Å². The van der Waals surface area contributed by atoms with Gasteiger partial charge in [0.15, 0.2) is 5.16 Å². The van der Waals surface area contributed by atoms with Crippen molar-refractivity contribution >= 4 is 45.8 Å². The minimum atomic E-state index is -0.168. The van der Waals surface area contributed by atoms with Crippen LogP contribution in [0.1, 0.15) is 0 Å². The first-order chi connectivity index (χ1) is 11.7. The van der Waals surface area contributed by atoms with Crippen LogP contribution in [0.5, 0.6) is 0 Å². The fourth-order valence-electron chi connectivity index (χ4n) is 2.66. The van der Waals surface area contributed by atoms with E-state index < -0.39 is 0 Å². The number of hydrogen-bond acceptors (Lipinski definition) is 4. The molecule has 0 bridgehead atoms. The minimum absolute atomic E-state index is 0.168. The monoisotopic (exact) mass is 370 g/mol. The lowest BCUT2D eigenvalue weighted by Gasteiger charge is -2.11. The van der Waals surface area contributed by atoms with E-state index in [0.717, 1.165) is 11.1 Å². The fraction of sp³-hybridized carbons (Fsp3) is 0. The van der Waals surface area contributed by atoms with Crippen LogP contribution in [0.15, 0.2) is 69.9 Å². The van der Waals surface area contributed by atoms with Crippen LogP contribution >= 0.6 is 35.6 Å². The van der Waals surface area contributed by atoms with Gasteiger partial charge in [0.1, 0.15) is 4.83 Å². The van der Waals surface area contributed by atoms with Crippen LogP contribution in [-0.2, 0) is 0 Å². The Labute approximate surface area is 152 Å². The van der Waals surface area contributed by atoms with E-state index in [0.29, 0.717) is 26.1 Å². The van der Waals surface area contributed by atoms with Crippen molar-refractivity contribution in [2.75, 3.05) is 0 Å². The molecule has 24 heavy (non-hydrogen) atoms. The third-order valence-corrected chi connectivity index (χ3v) is 5.26. The molecule has 0 fully saturated rings. The summed E-state index contributed by atoms with van der Waals surface area (Å²) in [6.45, 7) is 0. The highest BCUT2D eigenvalue weighted by atomic mass is 35.5. The van der Waals surface area contributed by atoms with Gasteiger partial charge in [-0.25, -0.2) is 4.98 Å². The van der Waals surface area contributed by atoms with E-state index >= 15 is 0 Å². The topological polar surface area (TPSA) is 34.9 Å². The number of thiophene rings is 1. The van der Waals surface area contributed by atoms with Crippen molar-refractivity contribution in [3.63, 3.8) is 0 Å². The number of nitrogens with zero attached hydrogens (tertiary/aromatic N) is 2. The molecule has 2 heterocycles. The summed E-state index contributed by atoms with van der Waals surface area (Å²) < 4.78 is 1.45. The zero-order valence-corrected chi connectivity index (χ0v) is 14.8. The molecule has 0 saturated carbocycles. The highest BCUT2D eigenvalue weighted by molar-refractivity contribution is 7.80. The Bertz CT molecular complexity index is 1100. The molecular formula is C18H11ClN2OS2.